The highest BCUT2D eigenvalue weighted by Crippen LogP contribution is 2.16. The third kappa shape index (κ3) is 2.79. The molecule has 0 spiro atoms. The van der Waals surface area contributed by atoms with Crippen LogP contribution in [0.2, 0.25) is 0 Å². The molecule has 1 saturated heterocycles. The summed E-state index contributed by atoms with van der Waals surface area (Å²) in [4.78, 5) is 29.0. The van der Waals surface area contributed by atoms with Gasteiger partial charge in [-0.05, 0) is 12.8 Å². The summed E-state index contributed by atoms with van der Waals surface area (Å²) in [6, 6.07) is 0. The molecule has 2 heterocycles. The molecule has 2 rings (SSSR count). The van der Waals surface area contributed by atoms with E-state index >= 15 is 0 Å². The van der Waals surface area contributed by atoms with Crippen LogP contribution in [0.15, 0.2) is 5.16 Å². The number of ether oxygens (including phenoxy) is 1. The fourth-order valence-corrected chi connectivity index (χ4v) is 2.07. The standard InChI is InChI=1S/C11H16N2O5/c1-13(6-7-3-2-4-17-7)10(14)9-5-8(11(15)16)12-18-9/h7,9H,2-6H2,1H3,(H,15,16). The van der Waals surface area contributed by atoms with Crippen molar-refractivity contribution in [3.63, 3.8) is 0 Å². The lowest BCUT2D eigenvalue weighted by molar-refractivity contribution is -0.142. The summed E-state index contributed by atoms with van der Waals surface area (Å²) in [5, 5.41) is 12.1. The molecule has 2 aliphatic rings. The number of carbonyl (C=O) groups is 2. The molecule has 7 heteroatoms. The highest BCUT2D eigenvalue weighted by Gasteiger charge is 2.34. The van der Waals surface area contributed by atoms with Crippen LogP contribution in [-0.4, -0.2) is 60.0 Å². The Labute approximate surface area is 104 Å². The maximum atomic E-state index is 12.0. The van der Waals surface area contributed by atoms with Gasteiger partial charge in [0.2, 0.25) is 6.10 Å². The molecule has 7 nitrogen and oxygen atoms in total. The van der Waals surface area contributed by atoms with Crippen molar-refractivity contribution in [2.24, 2.45) is 5.16 Å². The second-order valence-corrected chi connectivity index (χ2v) is 4.50. The quantitative estimate of drug-likeness (QED) is 0.756. The van der Waals surface area contributed by atoms with E-state index in [-0.39, 0.29) is 24.1 Å². The van der Waals surface area contributed by atoms with E-state index in [0.29, 0.717) is 6.54 Å². The van der Waals surface area contributed by atoms with Gasteiger partial charge in [-0.25, -0.2) is 4.79 Å². The van der Waals surface area contributed by atoms with E-state index in [0.717, 1.165) is 19.4 Å². The van der Waals surface area contributed by atoms with Gasteiger partial charge in [0.05, 0.1) is 6.10 Å². The highest BCUT2D eigenvalue weighted by molar-refractivity contribution is 6.36. The molecule has 0 aromatic carbocycles. The van der Waals surface area contributed by atoms with E-state index in [1.807, 2.05) is 0 Å². The van der Waals surface area contributed by atoms with Gasteiger partial charge in [0, 0.05) is 26.6 Å². The first-order chi connectivity index (χ1) is 8.58. The SMILES string of the molecule is CN(CC1CCCO1)C(=O)C1CC(C(=O)O)=NO1. The Morgan fingerprint density at radius 3 is 2.89 bits per heavy atom. The number of nitrogens with zero attached hydrogens (tertiary/aromatic N) is 2. The average Bonchev–Trinajstić information content (AvgIpc) is 2.98. The van der Waals surface area contributed by atoms with Crippen LogP contribution in [0.25, 0.3) is 0 Å². The van der Waals surface area contributed by atoms with E-state index in [1.54, 1.807) is 7.05 Å². The summed E-state index contributed by atoms with van der Waals surface area (Å²) >= 11 is 0. The zero-order valence-corrected chi connectivity index (χ0v) is 10.2. The number of hydrogen-bond acceptors (Lipinski definition) is 5. The van der Waals surface area contributed by atoms with Crippen molar-refractivity contribution in [2.75, 3.05) is 20.2 Å². The summed E-state index contributed by atoms with van der Waals surface area (Å²) in [6.07, 6.45) is 1.23. The van der Waals surface area contributed by atoms with Crippen LogP contribution in [0.3, 0.4) is 0 Å². The minimum Gasteiger partial charge on any atom is -0.477 e. The average molecular weight is 256 g/mol. The molecule has 0 radical (unpaired) electrons. The first-order valence-electron chi connectivity index (χ1n) is 5.90. The van der Waals surface area contributed by atoms with Crippen LogP contribution in [0, 0.1) is 0 Å². The molecule has 2 aliphatic heterocycles. The Morgan fingerprint density at radius 1 is 1.56 bits per heavy atom. The largest absolute Gasteiger partial charge is 0.477 e. The lowest BCUT2D eigenvalue weighted by atomic mass is 10.1. The summed E-state index contributed by atoms with van der Waals surface area (Å²) in [7, 11) is 1.66. The van der Waals surface area contributed by atoms with Gasteiger partial charge < -0.3 is 19.6 Å². The van der Waals surface area contributed by atoms with Crippen LogP contribution < -0.4 is 0 Å². The molecule has 18 heavy (non-hydrogen) atoms. The number of carboxylic acid groups (broad SMARTS) is 1. The van der Waals surface area contributed by atoms with Crippen molar-refractivity contribution in [1.82, 2.24) is 4.90 Å². The molecule has 0 aromatic rings. The van der Waals surface area contributed by atoms with Crippen LogP contribution in [0.5, 0.6) is 0 Å². The maximum Gasteiger partial charge on any atom is 0.353 e. The molecule has 1 amide bonds. The molecule has 100 valence electrons. The van der Waals surface area contributed by atoms with Crippen LogP contribution >= 0.6 is 0 Å². The number of aliphatic carboxylic acids is 1. The first-order valence-corrected chi connectivity index (χ1v) is 5.90. The minimum absolute atomic E-state index is 0.0179. The van der Waals surface area contributed by atoms with Crippen molar-refractivity contribution in [3.05, 3.63) is 0 Å². The number of rotatable bonds is 4. The summed E-state index contributed by atoms with van der Waals surface area (Å²) in [5.41, 5.74) is -0.112. The van der Waals surface area contributed by atoms with Gasteiger partial charge in [0.15, 0.2) is 5.71 Å². The van der Waals surface area contributed by atoms with Crippen molar-refractivity contribution >= 4 is 17.6 Å². The fourth-order valence-electron chi connectivity index (χ4n) is 2.07. The zero-order chi connectivity index (χ0) is 13.1. The molecule has 0 aliphatic carbocycles. The van der Waals surface area contributed by atoms with Gasteiger partial charge in [0.1, 0.15) is 0 Å². The van der Waals surface area contributed by atoms with Crippen LogP contribution in [0.4, 0.5) is 0 Å². The van der Waals surface area contributed by atoms with E-state index in [9.17, 15) is 9.59 Å². The smallest absolute Gasteiger partial charge is 0.353 e. The lowest BCUT2D eigenvalue weighted by Gasteiger charge is -2.22. The highest BCUT2D eigenvalue weighted by atomic mass is 16.6. The molecule has 2 atom stereocenters. The molecule has 1 N–H and O–H groups in total. The molecular formula is C11H16N2O5. The van der Waals surface area contributed by atoms with Crippen molar-refractivity contribution in [3.8, 4) is 0 Å². The van der Waals surface area contributed by atoms with Gasteiger partial charge in [0.25, 0.3) is 5.91 Å². The Bertz CT molecular complexity index is 376. The third-order valence-corrected chi connectivity index (χ3v) is 3.07. The molecule has 0 saturated carbocycles. The molecular weight excluding hydrogens is 240 g/mol. The van der Waals surface area contributed by atoms with E-state index < -0.39 is 12.1 Å². The number of carbonyl (C=O) groups excluding carboxylic acids is 1. The van der Waals surface area contributed by atoms with Crippen LogP contribution in [0.1, 0.15) is 19.3 Å². The second kappa shape index (κ2) is 5.34. The number of hydrogen-bond donors (Lipinski definition) is 1. The van der Waals surface area contributed by atoms with E-state index in [1.165, 1.54) is 4.90 Å². The number of amides is 1. The lowest BCUT2D eigenvalue weighted by Crippen LogP contribution is -2.40. The molecule has 0 bridgehead atoms. The van der Waals surface area contributed by atoms with Gasteiger partial charge in [-0.1, -0.05) is 5.16 Å². The maximum absolute atomic E-state index is 12.0. The Kier molecular flexibility index (Phi) is 3.81. The number of likely N-dealkylation sites (N-methyl/N-ethyl adjacent to an activating group) is 1. The van der Waals surface area contributed by atoms with Crippen molar-refractivity contribution < 1.29 is 24.3 Å². The van der Waals surface area contributed by atoms with Crippen LogP contribution in [-0.2, 0) is 19.2 Å². The molecule has 0 aromatic heterocycles. The third-order valence-electron chi connectivity index (χ3n) is 3.07. The monoisotopic (exact) mass is 256 g/mol. The Balaban J connectivity index is 1.82. The van der Waals surface area contributed by atoms with Crippen molar-refractivity contribution in [1.29, 1.82) is 0 Å². The van der Waals surface area contributed by atoms with Gasteiger partial charge in [-0.3, -0.25) is 4.79 Å². The molecule has 2 unspecified atom stereocenters. The fraction of sp³-hybridized carbons (Fsp3) is 0.727. The van der Waals surface area contributed by atoms with E-state index in [2.05, 4.69) is 5.16 Å². The normalized spacial score (nSPS) is 26.6. The summed E-state index contributed by atoms with van der Waals surface area (Å²) in [5.74, 6) is -1.41. The Hall–Kier alpha value is -1.63. The number of carboxylic acids is 1. The Morgan fingerprint density at radius 2 is 2.33 bits per heavy atom. The topological polar surface area (TPSA) is 88.4 Å². The zero-order valence-electron chi connectivity index (χ0n) is 10.2. The predicted octanol–water partition coefficient (Wildman–Crippen LogP) is -0.147. The number of oxime groups is 1. The van der Waals surface area contributed by atoms with Crippen molar-refractivity contribution in [2.45, 2.75) is 31.5 Å². The second-order valence-electron chi connectivity index (χ2n) is 4.50. The van der Waals surface area contributed by atoms with Gasteiger partial charge in [-0.15, -0.1) is 0 Å². The van der Waals surface area contributed by atoms with Gasteiger partial charge >= 0.3 is 5.97 Å². The summed E-state index contributed by atoms with van der Waals surface area (Å²) < 4.78 is 5.44. The molecule has 1 fully saturated rings. The van der Waals surface area contributed by atoms with Gasteiger partial charge in [-0.2, -0.15) is 0 Å². The predicted molar refractivity (Wildman–Crippen MR) is 61.2 cm³/mol. The first kappa shape index (κ1) is 12.8. The van der Waals surface area contributed by atoms with E-state index in [4.69, 9.17) is 14.7 Å². The summed E-state index contributed by atoms with van der Waals surface area (Å²) in [6.45, 7) is 1.24. The minimum atomic E-state index is -1.15.